The van der Waals surface area contributed by atoms with Crippen molar-refractivity contribution < 1.29 is 9.53 Å². The molecule has 82 valence electrons. The normalized spacial score (nSPS) is 25.1. The molecule has 1 saturated heterocycles. The molecular formula is C10H21NO2Si. The maximum absolute atomic E-state index is 11.1. The SMILES string of the molecule is CCC(=O)NC(C)[SiH2]C1CCCCO1. The van der Waals surface area contributed by atoms with E-state index in [0.717, 1.165) is 6.61 Å². The second-order valence-corrected chi connectivity index (χ2v) is 6.65. The van der Waals surface area contributed by atoms with E-state index in [9.17, 15) is 4.79 Å². The Morgan fingerprint density at radius 3 is 3.00 bits per heavy atom. The summed E-state index contributed by atoms with van der Waals surface area (Å²) >= 11 is 0. The summed E-state index contributed by atoms with van der Waals surface area (Å²) in [6.07, 6.45) is 4.30. The van der Waals surface area contributed by atoms with Gasteiger partial charge in [0.15, 0.2) is 0 Å². The van der Waals surface area contributed by atoms with E-state index in [2.05, 4.69) is 12.2 Å². The lowest BCUT2D eigenvalue weighted by Crippen LogP contribution is -2.42. The molecule has 0 bridgehead atoms. The van der Waals surface area contributed by atoms with Gasteiger partial charge >= 0.3 is 0 Å². The van der Waals surface area contributed by atoms with Crippen molar-refractivity contribution in [3.63, 3.8) is 0 Å². The van der Waals surface area contributed by atoms with Gasteiger partial charge in [-0.1, -0.05) is 6.92 Å². The highest BCUT2D eigenvalue weighted by atomic mass is 28.2. The zero-order valence-corrected chi connectivity index (χ0v) is 10.6. The largest absolute Gasteiger partial charge is 0.382 e. The van der Waals surface area contributed by atoms with Crippen LogP contribution in [0, 0.1) is 0 Å². The van der Waals surface area contributed by atoms with E-state index in [1.165, 1.54) is 19.3 Å². The Kier molecular flexibility index (Phi) is 5.18. The van der Waals surface area contributed by atoms with Crippen LogP contribution in [0.2, 0.25) is 0 Å². The molecule has 1 aliphatic heterocycles. The fourth-order valence-electron chi connectivity index (χ4n) is 1.82. The van der Waals surface area contributed by atoms with Crippen molar-refractivity contribution in [1.82, 2.24) is 5.32 Å². The molecule has 4 heteroatoms. The molecule has 0 spiro atoms. The number of ether oxygens (including phenoxy) is 1. The molecule has 2 atom stereocenters. The number of hydrogen-bond donors (Lipinski definition) is 1. The lowest BCUT2D eigenvalue weighted by molar-refractivity contribution is -0.120. The van der Waals surface area contributed by atoms with E-state index in [-0.39, 0.29) is 15.4 Å². The van der Waals surface area contributed by atoms with Crippen LogP contribution in [-0.2, 0) is 9.53 Å². The maximum Gasteiger partial charge on any atom is 0.219 e. The zero-order valence-electron chi connectivity index (χ0n) is 9.21. The molecule has 0 aromatic heterocycles. The Hall–Kier alpha value is -0.353. The van der Waals surface area contributed by atoms with Crippen LogP contribution in [0.25, 0.3) is 0 Å². The third-order valence-corrected chi connectivity index (χ3v) is 4.70. The first kappa shape index (κ1) is 11.7. The second-order valence-electron chi connectivity index (χ2n) is 4.05. The van der Waals surface area contributed by atoms with Gasteiger partial charge in [0.25, 0.3) is 0 Å². The number of carbonyl (C=O) groups excluding carboxylic acids is 1. The fourth-order valence-corrected chi connectivity index (χ4v) is 3.78. The van der Waals surface area contributed by atoms with Gasteiger partial charge in [-0.25, -0.2) is 0 Å². The number of nitrogens with one attached hydrogen (secondary N) is 1. The minimum Gasteiger partial charge on any atom is -0.382 e. The third kappa shape index (κ3) is 4.24. The molecule has 0 radical (unpaired) electrons. The molecule has 1 amide bonds. The molecule has 1 heterocycles. The number of carbonyl (C=O) groups is 1. The summed E-state index contributed by atoms with van der Waals surface area (Å²) in [5.74, 6) is 0.167. The molecule has 1 N–H and O–H groups in total. The van der Waals surface area contributed by atoms with Gasteiger partial charge in [-0.15, -0.1) is 0 Å². The van der Waals surface area contributed by atoms with Gasteiger partial charge in [0.2, 0.25) is 5.91 Å². The van der Waals surface area contributed by atoms with Crippen LogP contribution in [0.5, 0.6) is 0 Å². The van der Waals surface area contributed by atoms with Crippen molar-refractivity contribution in [1.29, 1.82) is 0 Å². The first-order valence-corrected chi connectivity index (χ1v) is 7.26. The fraction of sp³-hybridized carbons (Fsp3) is 0.900. The topological polar surface area (TPSA) is 38.3 Å². The Bertz CT molecular complexity index is 181. The van der Waals surface area contributed by atoms with Crippen molar-refractivity contribution in [2.24, 2.45) is 0 Å². The maximum atomic E-state index is 11.1. The van der Waals surface area contributed by atoms with Crippen LogP contribution in [0.4, 0.5) is 0 Å². The predicted octanol–water partition coefficient (Wildman–Crippen LogP) is 0.554. The van der Waals surface area contributed by atoms with E-state index < -0.39 is 0 Å². The van der Waals surface area contributed by atoms with Crippen molar-refractivity contribution in [3.05, 3.63) is 0 Å². The first-order chi connectivity index (χ1) is 6.72. The second kappa shape index (κ2) is 6.19. The van der Waals surface area contributed by atoms with E-state index in [4.69, 9.17) is 4.74 Å². The third-order valence-electron chi connectivity index (χ3n) is 2.62. The number of hydrogen-bond acceptors (Lipinski definition) is 2. The molecule has 1 rings (SSSR count). The van der Waals surface area contributed by atoms with E-state index >= 15 is 0 Å². The summed E-state index contributed by atoms with van der Waals surface area (Å²) in [5.41, 5.74) is 0.876. The molecule has 0 aliphatic carbocycles. The minimum absolute atomic E-state index is 0.167. The summed E-state index contributed by atoms with van der Waals surface area (Å²) in [4.78, 5) is 11.1. The molecule has 3 nitrogen and oxygen atoms in total. The van der Waals surface area contributed by atoms with Crippen molar-refractivity contribution >= 4 is 15.4 Å². The van der Waals surface area contributed by atoms with Gasteiger partial charge in [-0.2, -0.15) is 0 Å². The van der Waals surface area contributed by atoms with Crippen LogP contribution in [0.1, 0.15) is 39.5 Å². The molecule has 1 fully saturated rings. The van der Waals surface area contributed by atoms with E-state index in [1.54, 1.807) is 0 Å². The summed E-state index contributed by atoms with van der Waals surface area (Å²) in [7, 11) is -0.316. The number of rotatable bonds is 4. The summed E-state index contributed by atoms with van der Waals surface area (Å²) in [6, 6.07) is 0. The predicted molar refractivity (Wildman–Crippen MR) is 60.0 cm³/mol. The Labute approximate surface area is 88.4 Å². The van der Waals surface area contributed by atoms with Crippen LogP contribution < -0.4 is 5.32 Å². The molecule has 0 saturated carbocycles. The highest BCUT2D eigenvalue weighted by Gasteiger charge is 2.18. The smallest absolute Gasteiger partial charge is 0.219 e. The Balaban J connectivity index is 2.18. The molecule has 14 heavy (non-hydrogen) atoms. The van der Waals surface area contributed by atoms with Gasteiger partial charge in [0, 0.05) is 24.4 Å². The van der Waals surface area contributed by atoms with Crippen LogP contribution in [0.15, 0.2) is 0 Å². The Morgan fingerprint density at radius 1 is 1.64 bits per heavy atom. The van der Waals surface area contributed by atoms with Crippen LogP contribution in [-0.4, -0.2) is 33.4 Å². The highest BCUT2D eigenvalue weighted by Crippen LogP contribution is 2.12. The Morgan fingerprint density at radius 2 is 2.43 bits per heavy atom. The van der Waals surface area contributed by atoms with E-state index in [1.807, 2.05) is 6.92 Å². The number of amides is 1. The van der Waals surface area contributed by atoms with Gasteiger partial charge in [0.1, 0.15) is 0 Å². The average Bonchev–Trinajstić information content (AvgIpc) is 2.19. The van der Waals surface area contributed by atoms with Gasteiger partial charge < -0.3 is 10.1 Å². The first-order valence-electron chi connectivity index (χ1n) is 5.63. The quantitative estimate of drug-likeness (QED) is 0.696. The van der Waals surface area contributed by atoms with Crippen LogP contribution in [0.3, 0.4) is 0 Å². The minimum atomic E-state index is -0.316. The van der Waals surface area contributed by atoms with Gasteiger partial charge in [-0.05, 0) is 26.2 Å². The average molecular weight is 215 g/mol. The highest BCUT2D eigenvalue weighted by molar-refractivity contribution is 6.39. The van der Waals surface area contributed by atoms with Crippen LogP contribution >= 0.6 is 0 Å². The standard InChI is InChI=1S/C10H21NO2Si/c1-3-9(12)11-8(2)14-10-6-4-5-7-13-10/h8,10H,3-7,14H2,1-2H3,(H,11,12). The summed E-state index contributed by atoms with van der Waals surface area (Å²) < 4.78 is 5.67. The molecule has 1 aliphatic rings. The molecule has 0 aromatic rings. The lowest BCUT2D eigenvalue weighted by Gasteiger charge is -2.25. The van der Waals surface area contributed by atoms with E-state index in [0.29, 0.717) is 17.8 Å². The van der Waals surface area contributed by atoms with Gasteiger partial charge in [-0.3, -0.25) is 4.79 Å². The van der Waals surface area contributed by atoms with Crippen molar-refractivity contribution in [3.8, 4) is 0 Å². The summed E-state index contributed by atoms with van der Waals surface area (Å²) in [5, 5.41) is 3.02. The van der Waals surface area contributed by atoms with Crippen molar-refractivity contribution in [2.45, 2.75) is 50.9 Å². The molecule has 0 aromatic carbocycles. The monoisotopic (exact) mass is 215 g/mol. The molecular weight excluding hydrogens is 194 g/mol. The zero-order chi connectivity index (χ0) is 10.4. The molecule has 2 unspecified atom stereocenters. The lowest BCUT2D eigenvalue weighted by atomic mass is 10.2. The van der Waals surface area contributed by atoms with Gasteiger partial charge in [0.05, 0.1) is 9.52 Å². The summed E-state index contributed by atoms with van der Waals surface area (Å²) in [6.45, 7) is 4.92. The van der Waals surface area contributed by atoms with Crippen molar-refractivity contribution in [2.75, 3.05) is 6.61 Å².